The maximum Gasteiger partial charge on any atom is 0.229 e. The van der Waals surface area contributed by atoms with Crippen molar-refractivity contribution in [3.8, 4) is 5.75 Å². The first-order valence-electron chi connectivity index (χ1n) is 11.8. The number of likely N-dealkylation sites (tertiary alicyclic amines) is 1. The van der Waals surface area contributed by atoms with Crippen molar-refractivity contribution in [2.75, 3.05) is 63.6 Å². The SMILES string of the molecule is CNc1cc(Nc2ncc(Cl)c(Nc3ccccc3P(C)C)n2)c(OC)cc1C1CCN(C)CC1. The predicted molar refractivity (Wildman–Crippen MR) is 150 cm³/mol. The van der Waals surface area contributed by atoms with E-state index in [1.807, 2.05) is 19.2 Å². The number of rotatable bonds is 8. The van der Waals surface area contributed by atoms with E-state index in [9.17, 15) is 0 Å². The minimum Gasteiger partial charge on any atom is -0.495 e. The largest absolute Gasteiger partial charge is 0.495 e. The van der Waals surface area contributed by atoms with Gasteiger partial charge in [0.05, 0.1) is 19.0 Å². The van der Waals surface area contributed by atoms with Crippen LogP contribution < -0.4 is 26.0 Å². The van der Waals surface area contributed by atoms with Gasteiger partial charge >= 0.3 is 0 Å². The molecule has 186 valence electrons. The van der Waals surface area contributed by atoms with E-state index in [0.29, 0.717) is 22.7 Å². The molecule has 1 saturated heterocycles. The second kappa shape index (κ2) is 11.4. The molecule has 1 aromatic heterocycles. The minimum atomic E-state index is -0.284. The fourth-order valence-electron chi connectivity index (χ4n) is 4.47. The third kappa shape index (κ3) is 5.97. The first-order chi connectivity index (χ1) is 16.9. The Balaban J connectivity index is 1.62. The zero-order valence-electron chi connectivity index (χ0n) is 21.0. The fourth-order valence-corrected chi connectivity index (χ4v) is 5.60. The number of aromatic nitrogens is 2. The highest BCUT2D eigenvalue weighted by Gasteiger charge is 2.23. The van der Waals surface area contributed by atoms with Crippen molar-refractivity contribution < 1.29 is 4.74 Å². The molecule has 0 unspecified atom stereocenters. The number of ether oxygens (including phenoxy) is 1. The summed E-state index contributed by atoms with van der Waals surface area (Å²) in [7, 11) is 5.55. The fraction of sp³-hybridized carbons (Fsp3) is 0.385. The van der Waals surface area contributed by atoms with Crippen LogP contribution in [-0.2, 0) is 0 Å². The molecule has 1 fully saturated rings. The van der Waals surface area contributed by atoms with Gasteiger partial charge in [-0.15, -0.1) is 0 Å². The number of nitrogens with zero attached hydrogens (tertiary/aromatic N) is 3. The average molecular weight is 513 g/mol. The van der Waals surface area contributed by atoms with E-state index >= 15 is 0 Å². The van der Waals surface area contributed by atoms with Gasteiger partial charge in [-0.05, 0) is 81.3 Å². The number of nitrogens with one attached hydrogen (secondary N) is 3. The predicted octanol–water partition coefficient (Wildman–Crippen LogP) is 5.84. The van der Waals surface area contributed by atoms with Crippen LogP contribution >= 0.6 is 19.5 Å². The first-order valence-corrected chi connectivity index (χ1v) is 14.4. The Morgan fingerprint density at radius 1 is 1.06 bits per heavy atom. The third-order valence-corrected chi connectivity index (χ3v) is 8.06. The molecule has 2 heterocycles. The second-order valence-electron chi connectivity index (χ2n) is 9.02. The van der Waals surface area contributed by atoms with Crippen LogP contribution in [-0.4, -0.2) is 62.5 Å². The minimum absolute atomic E-state index is 0.284. The maximum absolute atomic E-state index is 6.46. The summed E-state index contributed by atoms with van der Waals surface area (Å²) in [6, 6.07) is 12.5. The molecule has 0 radical (unpaired) electrons. The highest BCUT2D eigenvalue weighted by molar-refractivity contribution is 7.64. The van der Waals surface area contributed by atoms with Crippen LogP contribution in [0.2, 0.25) is 5.02 Å². The van der Waals surface area contributed by atoms with Crippen LogP contribution in [0.4, 0.5) is 28.8 Å². The Kier molecular flexibility index (Phi) is 8.32. The standard InChI is InChI=1S/C26H34ClN6OP/c1-28-21-15-22(23(34-3)14-18(21)17-10-12-33(2)13-11-17)31-26-29-16-19(27)25(32-26)30-20-8-6-7-9-24(20)35(4)5/h6-9,14-17,28H,10-13H2,1-5H3,(H2,29,30,31,32). The molecular weight excluding hydrogens is 479 g/mol. The first kappa shape index (κ1) is 25.5. The van der Waals surface area contributed by atoms with Crippen molar-refractivity contribution in [2.24, 2.45) is 0 Å². The molecular formula is C26H34ClN6OP. The van der Waals surface area contributed by atoms with Crippen molar-refractivity contribution in [1.82, 2.24) is 14.9 Å². The highest BCUT2D eigenvalue weighted by Crippen LogP contribution is 2.40. The Morgan fingerprint density at radius 3 is 2.49 bits per heavy atom. The Hall–Kier alpha value is -2.60. The van der Waals surface area contributed by atoms with Gasteiger partial charge < -0.3 is 25.6 Å². The molecule has 3 N–H and O–H groups in total. The summed E-state index contributed by atoms with van der Waals surface area (Å²) in [4.78, 5) is 11.5. The van der Waals surface area contributed by atoms with Crippen LogP contribution in [0.15, 0.2) is 42.6 Å². The summed E-state index contributed by atoms with van der Waals surface area (Å²) in [5, 5.41) is 11.8. The van der Waals surface area contributed by atoms with Crippen molar-refractivity contribution in [2.45, 2.75) is 18.8 Å². The number of para-hydroxylation sites is 1. The number of hydrogen-bond acceptors (Lipinski definition) is 7. The number of benzene rings is 2. The smallest absolute Gasteiger partial charge is 0.229 e. The van der Waals surface area contributed by atoms with Crippen LogP contribution in [0, 0.1) is 0 Å². The summed E-state index contributed by atoms with van der Waals surface area (Å²) in [5.41, 5.74) is 4.18. The van der Waals surface area contributed by atoms with Gasteiger partial charge in [0.15, 0.2) is 5.82 Å². The second-order valence-corrected chi connectivity index (χ2v) is 11.7. The Bertz CT molecular complexity index is 1170. The molecule has 4 rings (SSSR count). The lowest BCUT2D eigenvalue weighted by molar-refractivity contribution is 0.255. The molecule has 9 heteroatoms. The topological polar surface area (TPSA) is 74.3 Å². The summed E-state index contributed by atoms with van der Waals surface area (Å²) in [6.07, 6.45) is 3.88. The van der Waals surface area contributed by atoms with Gasteiger partial charge in [-0.25, -0.2) is 4.98 Å². The van der Waals surface area contributed by atoms with Gasteiger partial charge in [0, 0.05) is 18.4 Å². The monoisotopic (exact) mass is 512 g/mol. The number of anilines is 5. The quantitative estimate of drug-likeness (QED) is 0.327. The van der Waals surface area contributed by atoms with E-state index in [1.54, 1.807) is 13.3 Å². The van der Waals surface area contributed by atoms with Crippen LogP contribution in [0.25, 0.3) is 0 Å². The molecule has 2 aromatic carbocycles. The van der Waals surface area contributed by atoms with E-state index in [2.05, 4.69) is 75.5 Å². The normalized spacial score (nSPS) is 14.7. The van der Waals surface area contributed by atoms with Gasteiger partial charge in [0.2, 0.25) is 5.95 Å². The van der Waals surface area contributed by atoms with E-state index in [0.717, 1.165) is 48.7 Å². The van der Waals surface area contributed by atoms with Gasteiger partial charge in [-0.3, -0.25) is 0 Å². The number of methoxy groups -OCH3 is 1. The average Bonchev–Trinajstić information content (AvgIpc) is 2.86. The van der Waals surface area contributed by atoms with Crippen LogP contribution in [0.1, 0.15) is 24.3 Å². The van der Waals surface area contributed by atoms with E-state index in [1.165, 1.54) is 10.9 Å². The lowest BCUT2D eigenvalue weighted by atomic mass is 9.88. The third-order valence-electron chi connectivity index (χ3n) is 6.43. The molecule has 0 atom stereocenters. The van der Waals surface area contributed by atoms with Gasteiger partial charge in [-0.2, -0.15) is 4.98 Å². The number of halogens is 1. The zero-order chi connectivity index (χ0) is 24.9. The molecule has 0 spiro atoms. The molecule has 0 bridgehead atoms. The molecule has 7 nitrogen and oxygen atoms in total. The van der Waals surface area contributed by atoms with Gasteiger partial charge in [0.25, 0.3) is 0 Å². The van der Waals surface area contributed by atoms with E-state index in [-0.39, 0.29) is 7.92 Å². The lowest BCUT2D eigenvalue weighted by Gasteiger charge is -2.31. The summed E-state index contributed by atoms with van der Waals surface area (Å²) >= 11 is 6.46. The molecule has 1 aliphatic rings. The molecule has 0 saturated carbocycles. The van der Waals surface area contributed by atoms with E-state index in [4.69, 9.17) is 16.3 Å². The lowest BCUT2D eigenvalue weighted by Crippen LogP contribution is -2.29. The number of piperidine rings is 1. The molecule has 1 aliphatic heterocycles. The van der Waals surface area contributed by atoms with Crippen molar-refractivity contribution in [3.63, 3.8) is 0 Å². The summed E-state index contributed by atoms with van der Waals surface area (Å²) < 4.78 is 5.77. The molecule has 0 amide bonds. The molecule has 35 heavy (non-hydrogen) atoms. The van der Waals surface area contributed by atoms with Gasteiger partial charge in [-0.1, -0.05) is 37.7 Å². The maximum atomic E-state index is 6.46. The Morgan fingerprint density at radius 2 is 1.80 bits per heavy atom. The van der Waals surface area contributed by atoms with Crippen molar-refractivity contribution in [3.05, 3.63) is 53.2 Å². The summed E-state index contributed by atoms with van der Waals surface area (Å²) in [6.45, 7) is 6.66. The highest BCUT2D eigenvalue weighted by atomic mass is 35.5. The molecule has 3 aromatic rings. The van der Waals surface area contributed by atoms with Crippen molar-refractivity contribution in [1.29, 1.82) is 0 Å². The Labute approximate surface area is 214 Å². The van der Waals surface area contributed by atoms with Gasteiger partial charge in [0.1, 0.15) is 10.8 Å². The van der Waals surface area contributed by atoms with Crippen LogP contribution in [0.3, 0.4) is 0 Å². The van der Waals surface area contributed by atoms with Crippen molar-refractivity contribution >= 4 is 53.7 Å². The van der Waals surface area contributed by atoms with E-state index < -0.39 is 0 Å². The summed E-state index contributed by atoms with van der Waals surface area (Å²) in [5.74, 6) is 2.27. The molecule has 0 aliphatic carbocycles. The number of hydrogen-bond donors (Lipinski definition) is 3. The zero-order valence-corrected chi connectivity index (χ0v) is 22.7. The van der Waals surface area contributed by atoms with Crippen LogP contribution in [0.5, 0.6) is 5.75 Å².